The summed E-state index contributed by atoms with van der Waals surface area (Å²) in [5, 5.41) is 4.57. The van der Waals surface area contributed by atoms with Crippen LogP contribution in [0.5, 0.6) is 0 Å². The molecule has 1 aliphatic heterocycles. The molecule has 7 nitrogen and oxygen atoms in total. The van der Waals surface area contributed by atoms with Gasteiger partial charge >= 0.3 is 0 Å². The van der Waals surface area contributed by atoms with Crippen molar-refractivity contribution in [3.8, 4) is 11.3 Å². The monoisotopic (exact) mass is 538 g/mol. The van der Waals surface area contributed by atoms with Crippen molar-refractivity contribution in [3.63, 3.8) is 0 Å². The highest BCUT2D eigenvalue weighted by molar-refractivity contribution is 7.92. The lowest BCUT2D eigenvalue weighted by Crippen LogP contribution is -2.29. The van der Waals surface area contributed by atoms with Crippen molar-refractivity contribution in [2.75, 3.05) is 15.9 Å². The van der Waals surface area contributed by atoms with E-state index in [0.29, 0.717) is 27.3 Å². The summed E-state index contributed by atoms with van der Waals surface area (Å²) in [6, 6.07) is 21.8. The van der Waals surface area contributed by atoms with Crippen LogP contribution in [0.4, 0.5) is 11.4 Å². The van der Waals surface area contributed by atoms with E-state index >= 15 is 0 Å². The molecule has 1 saturated heterocycles. The SMILES string of the molecule is Cc1c(Cl)cccc1-c1ccc([C@H]2[C@H](c3ccccn3)NC(=S)N2c2ccc(NS(C)(=O)=O)cc2)o1. The fourth-order valence-corrected chi connectivity index (χ4v) is 5.44. The fraction of sp³-hybridized carbons (Fsp3) is 0.154. The molecule has 0 spiro atoms. The van der Waals surface area contributed by atoms with E-state index in [1.165, 1.54) is 0 Å². The first kappa shape index (κ1) is 24.3. The van der Waals surface area contributed by atoms with E-state index in [1.807, 2.05) is 72.5 Å². The molecule has 4 aromatic rings. The van der Waals surface area contributed by atoms with Crippen molar-refractivity contribution >= 4 is 50.3 Å². The number of nitrogens with zero attached hydrogens (tertiary/aromatic N) is 2. The average Bonchev–Trinajstić information content (AvgIpc) is 3.45. The normalized spacial score (nSPS) is 17.8. The zero-order valence-corrected chi connectivity index (χ0v) is 21.9. The topological polar surface area (TPSA) is 87.5 Å². The second kappa shape index (κ2) is 9.57. The van der Waals surface area contributed by atoms with Crippen molar-refractivity contribution in [2.24, 2.45) is 0 Å². The Morgan fingerprint density at radius 1 is 1.06 bits per heavy atom. The van der Waals surface area contributed by atoms with Crippen LogP contribution >= 0.6 is 23.8 Å². The van der Waals surface area contributed by atoms with Gasteiger partial charge in [-0.15, -0.1) is 0 Å². The summed E-state index contributed by atoms with van der Waals surface area (Å²) in [7, 11) is -3.38. The average molecular weight is 539 g/mol. The van der Waals surface area contributed by atoms with Gasteiger partial charge in [-0.1, -0.05) is 29.8 Å². The molecular weight excluding hydrogens is 516 g/mol. The predicted molar refractivity (Wildman–Crippen MR) is 147 cm³/mol. The smallest absolute Gasteiger partial charge is 0.229 e. The summed E-state index contributed by atoms with van der Waals surface area (Å²) in [5.74, 6) is 1.40. The van der Waals surface area contributed by atoms with Gasteiger partial charge in [-0.05, 0) is 79.3 Å². The molecule has 3 heterocycles. The van der Waals surface area contributed by atoms with Crippen LogP contribution in [-0.4, -0.2) is 24.8 Å². The van der Waals surface area contributed by atoms with Gasteiger partial charge in [-0.3, -0.25) is 9.71 Å². The molecule has 184 valence electrons. The highest BCUT2D eigenvalue weighted by Crippen LogP contribution is 2.43. The molecular formula is C26H23ClN4O3S2. The van der Waals surface area contributed by atoms with E-state index in [-0.39, 0.29) is 12.1 Å². The molecule has 36 heavy (non-hydrogen) atoms. The summed E-state index contributed by atoms with van der Waals surface area (Å²) in [4.78, 5) is 6.52. The maximum atomic E-state index is 11.6. The van der Waals surface area contributed by atoms with E-state index in [1.54, 1.807) is 18.3 Å². The van der Waals surface area contributed by atoms with Gasteiger partial charge in [0.1, 0.15) is 17.6 Å². The molecule has 0 aliphatic carbocycles. The second-order valence-corrected chi connectivity index (χ2v) is 11.1. The molecule has 5 rings (SSSR count). The Labute approximate surface area is 220 Å². The first-order valence-electron chi connectivity index (χ1n) is 11.1. The molecule has 0 radical (unpaired) electrons. The highest BCUT2D eigenvalue weighted by Gasteiger charge is 2.42. The Morgan fingerprint density at radius 3 is 2.53 bits per heavy atom. The zero-order valence-electron chi connectivity index (χ0n) is 19.5. The number of sulfonamides is 1. The number of hydrogen-bond donors (Lipinski definition) is 2. The van der Waals surface area contributed by atoms with Crippen molar-refractivity contribution < 1.29 is 12.8 Å². The first-order valence-corrected chi connectivity index (χ1v) is 13.8. The Balaban J connectivity index is 1.57. The molecule has 2 atom stereocenters. The van der Waals surface area contributed by atoms with Crippen LogP contribution in [0.15, 0.2) is 83.4 Å². The Morgan fingerprint density at radius 2 is 1.83 bits per heavy atom. The second-order valence-electron chi connectivity index (χ2n) is 8.53. The third-order valence-corrected chi connectivity index (χ3v) is 7.33. The minimum Gasteiger partial charge on any atom is -0.459 e. The van der Waals surface area contributed by atoms with Gasteiger partial charge < -0.3 is 14.6 Å². The largest absolute Gasteiger partial charge is 0.459 e. The minimum absolute atomic E-state index is 0.271. The molecule has 2 aromatic carbocycles. The minimum atomic E-state index is -3.38. The van der Waals surface area contributed by atoms with E-state index in [2.05, 4.69) is 15.0 Å². The lowest BCUT2D eigenvalue weighted by Gasteiger charge is -2.26. The van der Waals surface area contributed by atoms with Crippen LogP contribution in [0.25, 0.3) is 11.3 Å². The highest BCUT2D eigenvalue weighted by atomic mass is 35.5. The summed E-state index contributed by atoms with van der Waals surface area (Å²) < 4.78 is 32.1. The molecule has 0 unspecified atom stereocenters. The van der Waals surface area contributed by atoms with Crippen LogP contribution in [0, 0.1) is 6.92 Å². The van der Waals surface area contributed by atoms with Gasteiger partial charge in [0.15, 0.2) is 5.11 Å². The van der Waals surface area contributed by atoms with Gasteiger partial charge in [-0.25, -0.2) is 8.42 Å². The molecule has 0 saturated carbocycles. The molecule has 0 bridgehead atoms. The van der Waals surface area contributed by atoms with E-state index < -0.39 is 10.0 Å². The van der Waals surface area contributed by atoms with Crippen LogP contribution in [0.2, 0.25) is 5.02 Å². The van der Waals surface area contributed by atoms with Gasteiger partial charge in [0.2, 0.25) is 10.0 Å². The number of rotatable bonds is 6. The number of thiocarbonyl (C=S) groups is 1. The third kappa shape index (κ3) is 4.82. The van der Waals surface area contributed by atoms with Gasteiger partial charge in [0.25, 0.3) is 0 Å². The number of pyridine rings is 1. The Bertz CT molecular complexity index is 1520. The zero-order chi connectivity index (χ0) is 25.4. The lowest BCUT2D eigenvalue weighted by atomic mass is 10.0. The number of nitrogens with one attached hydrogen (secondary N) is 2. The number of benzene rings is 2. The van der Waals surface area contributed by atoms with Crippen LogP contribution < -0.4 is 14.9 Å². The number of furan rings is 1. The number of anilines is 2. The molecule has 2 N–H and O–H groups in total. The molecule has 0 amide bonds. The van der Waals surface area contributed by atoms with Crippen molar-refractivity contribution in [2.45, 2.75) is 19.0 Å². The van der Waals surface area contributed by atoms with Crippen molar-refractivity contribution in [3.05, 3.63) is 101 Å². The van der Waals surface area contributed by atoms with Crippen LogP contribution in [-0.2, 0) is 10.0 Å². The van der Waals surface area contributed by atoms with Gasteiger partial charge in [-0.2, -0.15) is 0 Å². The van der Waals surface area contributed by atoms with Crippen molar-refractivity contribution in [1.29, 1.82) is 0 Å². The van der Waals surface area contributed by atoms with E-state index in [0.717, 1.165) is 28.8 Å². The number of halogens is 1. The number of aromatic nitrogens is 1. The maximum Gasteiger partial charge on any atom is 0.229 e. The summed E-state index contributed by atoms with van der Waals surface area (Å²) >= 11 is 12.1. The van der Waals surface area contributed by atoms with Crippen LogP contribution in [0.1, 0.15) is 29.1 Å². The van der Waals surface area contributed by atoms with E-state index in [4.69, 9.17) is 28.2 Å². The molecule has 2 aromatic heterocycles. The Kier molecular flexibility index (Phi) is 6.46. The predicted octanol–water partition coefficient (Wildman–Crippen LogP) is 5.85. The van der Waals surface area contributed by atoms with Crippen LogP contribution in [0.3, 0.4) is 0 Å². The van der Waals surface area contributed by atoms with Crippen molar-refractivity contribution in [1.82, 2.24) is 10.3 Å². The maximum absolute atomic E-state index is 11.6. The summed E-state index contributed by atoms with van der Waals surface area (Å²) in [6.45, 7) is 1.96. The van der Waals surface area contributed by atoms with E-state index in [9.17, 15) is 8.42 Å². The summed E-state index contributed by atoms with van der Waals surface area (Å²) in [5.41, 5.74) is 3.92. The van der Waals surface area contributed by atoms with Gasteiger partial charge in [0, 0.05) is 28.2 Å². The quantitative estimate of drug-likeness (QED) is 0.298. The lowest BCUT2D eigenvalue weighted by molar-refractivity contribution is 0.439. The molecule has 10 heteroatoms. The van der Waals surface area contributed by atoms with Gasteiger partial charge in [0.05, 0.1) is 18.0 Å². The molecule has 1 aliphatic rings. The fourth-order valence-electron chi connectivity index (χ4n) is 4.36. The first-order chi connectivity index (χ1) is 17.2. The summed E-state index contributed by atoms with van der Waals surface area (Å²) in [6.07, 6.45) is 2.86. The number of hydrogen-bond acceptors (Lipinski definition) is 5. The standard InChI is InChI=1S/C26H23ClN4O3S2/c1-16-19(6-5-7-20(16)27)22-13-14-23(34-22)25-24(21-8-3-4-15-28-21)29-26(35)31(25)18-11-9-17(10-12-18)30-36(2,32)33/h3-15,24-25,30H,1-2H3,(H,29,35)/t24-,25-/m0/s1. The Hall–Kier alpha value is -3.40. The third-order valence-electron chi connectivity index (χ3n) is 6.00. The molecule has 1 fully saturated rings.